The summed E-state index contributed by atoms with van der Waals surface area (Å²) in [6, 6.07) is -1.93. The van der Waals surface area contributed by atoms with Gasteiger partial charge in [0, 0.05) is 47.3 Å². The largest absolute Gasteiger partial charge is 0.477 e. The van der Waals surface area contributed by atoms with Crippen LogP contribution in [0.5, 0.6) is 0 Å². The molecule has 0 aromatic carbocycles. The fraction of sp³-hybridized carbons (Fsp3) is 0.375. The second-order valence-electron chi connectivity index (χ2n) is 12.2. The van der Waals surface area contributed by atoms with E-state index < -0.39 is 70.3 Å². The molecule has 0 saturated carbocycles. The van der Waals surface area contributed by atoms with Crippen molar-refractivity contribution in [3.05, 3.63) is 44.7 Å². The van der Waals surface area contributed by atoms with E-state index >= 15 is 0 Å². The highest BCUT2D eigenvalue weighted by molar-refractivity contribution is 8.00. The highest BCUT2D eigenvalue weighted by Gasteiger charge is 2.56. The number of oxime groups is 2. The van der Waals surface area contributed by atoms with Crippen molar-refractivity contribution in [2.75, 3.05) is 50.4 Å². The van der Waals surface area contributed by atoms with Crippen molar-refractivity contribution in [1.82, 2.24) is 30.4 Å². The number of thiazole rings is 2. The Morgan fingerprint density at radius 3 is 1.38 bits per heavy atom. The number of nitrogens with two attached hydrogens (primary N) is 2. The lowest BCUT2D eigenvalue weighted by Crippen LogP contribution is -2.71. The minimum Gasteiger partial charge on any atom is -0.477 e. The van der Waals surface area contributed by atoms with Gasteiger partial charge in [-0.05, 0) is 0 Å². The van der Waals surface area contributed by atoms with Gasteiger partial charge in [-0.15, -0.1) is 46.2 Å². The van der Waals surface area contributed by atoms with Crippen LogP contribution >= 0.6 is 46.2 Å². The molecule has 2 aromatic rings. The molecule has 2 fully saturated rings. The molecule has 4 amide bonds. The molecule has 6 rings (SSSR count). The van der Waals surface area contributed by atoms with Crippen molar-refractivity contribution >= 4 is 115 Å². The number of anilines is 2. The number of nitrogen functional groups attached to an aromatic ring is 2. The molecule has 4 aliphatic heterocycles. The van der Waals surface area contributed by atoms with Crippen LogP contribution in [0.2, 0.25) is 0 Å². The van der Waals surface area contributed by atoms with Crippen LogP contribution in [0.25, 0.3) is 0 Å². The van der Waals surface area contributed by atoms with E-state index in [-0.39, 0.29) is 69.2 Å². The number of ether oxygens (including phenoxy) is 2. The Labute approximate surface area is 354 Å². The normalized spacial score (nSPS) is 20.9. The molecule has 2 saturated heterocycles. The number of fused-ring (bicyclic) bond motifs is 2. The molecule has 4 atom stereocenters. The maximum Gasteiger partial charge on any atom is 0.352 e. The molecule has 24 nitrogen and oxygen atoms in total. The third-order valence-corrected chi connectivity index (χ3v) is 12.3. The molecule has 60 heavy (non-hydrogen) atoms. The van der Waals surface area contributed by atoms with Crippen LogP contribution < -0.4 is 22.1 Å². The van der Waals surface area contributed by atoms with Gasteiger partial charge in [-0.3, -0.25) is 38.6 Å². The number of hydrogen-bond donors (Lipinski definition) is 6. The summed E-state index contributed by atoms with van der Waals surface area (Å²) in [4.78, 5) is 116. The number of amides is 4. The molecule has 320 valence electrons. The van der Waals surface area contributed by atoms with Crippen molar-refractivity contribution < 1.29 is 67.7 Å². The third kappa shape index (κ3) is 9.61. The van der Waals surface area contributed by atoms with Crippen LogP contribution in [0.4, 0.5) is 10.3 Å². The average Bonchev–Trinajstić information content (AvgIpc) is 3.84. The topological polar surface area (TPSA) is 347 Å². The standard InChI is InChI=1S/2C16H17N5O7S2/c2*1-6(22)28-3-7-4-29-14-10(13(24)21(14)11(7)15(25)26)19-12(23)9(20-27-2)8-5-30-16(17)18-8/h2*5,10,14H,3-4H2,1-2H3,(H2,17,18)(H,19,23)(H,25,26)/b2*20-9-/t2*10-,14-/m11/s1. The van der Waals surface area contributed by atoms with E-state index in [0.717, 1.165) is 32.5 Å². The lowest BCUT2D eigenvalue weighted by Gasteiger charge is -2.49. The minimum atomic E-state index is -1.32. The van der Waals surface area contributed by atoms with Crippen LogP contribution in [0, 0.1) is 0 Å². The fourth-order valence-corrected chi connectivity index (χ4v) is 9.52. The van der Waals surface area contributed by atoms with Crippen LogP contribution in [0.3, 0.4) is 0 Å². The van der Waals surface area contributed by atoms with E-state index in [2.05, 4.69) is 40.6 Å². The Balaban J connectivity index is 0.000000228. The summed E-state index contributed by atoms with van der Waals surface area (Å²) in [5, 5.41) is 33.7. The first kappa shape index (κ1) is 44.8. The number of aliphatic carboxylic acids is 2. The molecule has 6 heterocycles. The second-order valence-corrected chi connectivity index (χ2v) is 16.2. The first-order valence-corrected chi connectivity index (χ1v) is 20.7. The first-order chi connectivity index (χ1) is 28.5. The summed E-state index contributed by atoms with van der Waals surface area (Å²) in [7, 11) is 2.51. The van der Waals surface area contributed by atoms with Crippen molar-refractivity contribution in [3.8, 4) is 0 Å². The Kier molecular flexibility index (Phi) is 14.4. The van der Waals surface area contributed by atoms with Gasteiger partial charge >= 0.3 is 23.9 Å². The predicted molar refractivity (Wildman–Crippen MR) is 213 cm³/mol. The molecule has 0 aliphatic carbocycles. The summed E-state index contributed by atoms with van der Waals surface area (Å²) in [6.45, 7) is 1.95. The summed E-state index contributed by atoms with van der Waals surface area (Å²) in [6.07, 6.45) is 0. The molecule has 28 heteroatoms. The van der Waals surface area contributed by atoms with Gasteiger partial charge in [0.25, 0.3) is 23.6 Å². The lowest BCUT2D eigenvalue weighted by molar-refractivity contribution is -0.150. The van der Waals surface area contributed by atoms with Crippen LogP contribution in [0.15, 0.2) is 43.6 Å². The number of nitrogens with one attached hydrogen (secondary N) is 2. The van der Waals surface area contributed by atoms with Crippen molar-refractivity contribution in [2.24, 2.45) is 10.3 Å². The second kappa shape index (κ2) is 19.2. The summed E-state index contributed by atoms with van der Waals surface area (Å²) >= 11 is 4.71. The predicted octanol–water partition coefficient (Wildman–Crippen LogP) is -1.24. The van der Waals surface area contributed by atoms with Crippen LogP contribution in [-0.2, 0) is 57.5 Å². The molecule has 0 unspecified atom stereocenters. The van der Waals surface area contributed by atoms with Crippen LogP contribution in [-0.4, -0.2) is 151 Å². The van der Waals surface area contributed by atoms with Gasteiger partial charge in [0.05, 0.1) is 0 Å². The van der Waals surface area contributed by atoms with Gasteiger partial charge in [-0.2, -0.15) is 0 Å². The van der Waals surface area contributed by atoms with Gasteiger partial charge in [0.15, 0.2) is 21.7 Å². The summed E-state index contributed by atoms with van der Waals surface area (Å²) in [5.74, 6) is -5.96. The Bertz CT molecular complexity index is 2100. The maximum atomic E-state index is 12.7. The van der Waals surface area contributed by atoms with Gasteiger partial charge in [-0.1, -0.05) is 10.3 Å². The summed E-state index contributed by atoms with van der Waals surface area (Å²) in [5.41, 5.74) is 11.3. The lowest BCUT2D eigenvalue weighted by atomic mass is 10.0. The quantitative estimate of drug-likeness (QED) is 0.0558. The highest BCUT2D eigenvalue weighted by atomic mass is 32.2. The van der Waals surface area contributed by atoms with Gasteiger partial charge in [0.1, 0.15) is 73.0 Å². The van der Waals surface area contributed by atoms with E-state index in [1.807, 2.05) is 0 Å². The molecule has 2 aromatic heterocycles. The number of β-lactam (4-membered cyclic amide) rings is 2. The zero-order chi connectivity index (χ0) is 44.0. The van der Waals surface area contributed by atoms with Crippen molar-refractivity contribution in [2.45, 2.75) is 36.7 Å². The molecule has 8 N–H and O–H groups in total. The van der Waals surface area contributed by atoms with Crippen molar-refractivity contribution in [1.29, 1.82) is 0 Å². The van der Waals surface area contributed by atoms with Gasteiger partial charge in [-0.25, -0.2) is 19.6 Å². The van der Waals surface area contributed by atoms with E-state index in [0.29, 0.717) is 11.1 Å². The van der Waals surface area contributed by atoms with E-state index in [1.165, 1.54) is 62.4 Å². The van der Waals surface area contributed by atoms with E-state index in [4.69, 9.17) is 20.9 Å². The first-order valence-electron chi connectivity index (χ1n) is 16.8. The van der Waals surface area contributed by atoms with Crippen molar-refractivity contribution in [3.63, 3.8) is 0 Å². The highest BCUT2D eigenvalue weighted by Crippen LogP contribution is 2.41. The zero-order valence-electron chi connectivity index (χ0n) is 31.6. The smallest absolute Gasteiger partial charge is 0.352 e. The summed E-state index contributed by atoms with van der Waals surface area (Å²) < 4.78 is 9.76. The monoisotopic (exact) mass is 910 g/mol. The third-order valence-electron chi connectivity index (χ3n) is 8.30. The number of hydrogen-bond acceptors (Lipinski definition) is 22. The van der Waals surface area contributed by atoms with Gasteiger partial charge in [0.2, 0.25) is 0 Å². The fourth-order valence-electron chi connectivity index (χ4n) is 5.77. The Morgan fingerprint density at radius 2 is 1.10 bits per heavy atom. The molecular weight excluding hydrogens is 877 g/mol. The number of carboxylic acid groups (broad SMARTS) is 2. The Morgan fingerprint density at radius 1 is 0.733 bits per heavy atom. The number of esters is 2. The van der Waals surface area contributed by atoms with Crippen LogP contribution in [0.1, 0.15) is 25.2 Å². The maximum absolute atomic E-state index is 12.7. The Hall–Kier alpha value is -6.26. The zero-order valence-corrected chi connectivity index (χ0v) is 34.8. The van der Waals surface area contributed by atoms with E-state index in [9.17, 15) is 48.6 Å². The number of carbonyl (C=O) groups is 8. The number of nitrogens with zero attached hydrogens (tertiary/aromatic N) is 6. The van der Waals surface area contributed by atoms with E-state index in [1.54, 1.807) is 0 Å². The van der Waals surface area contributed by atoms with Gasteiger partial charge < -0.3 is 51.5 Å². The minimum absolute atomic E-state index is 0.165. The molecule has 0 bridgehead atoms. The molecule has 0 radical (unpaired) electrons. The molecular formula is C32H34N10O14S4. The number of carbonyl (C=O) groups excluding carboxylic acids is 6. The number of aromatic nitrogens is 2. The average molecular weight is 911 g/mol. The molecule has 0 spiro atoms. The number of rotatable bonds is 14. The number of carboxylic acids is 2. The SMILES string of the molecule is CO/N=C(\C(=O)N[C@@H]1C(=O)N2C(C(=O)O)=C(COC(C)=O)CS[C@H]12)c1csc(N)n1.CO/N=C(\C(=O)N[C@@H]1C(=O)N2C(C(=O)O)=C(COC(C)=O)CS[C@H]12)c1csc(N)n1. The number of thioether (sulfide) groups is 2. The molecule has 4 aliphatic rings.